The third kappa shape index (κ3) is 1.91. The van der Waals surface area contributed by atoms with E-state index in [1.165, 1.54) is 0 Å². The Hall–Kier alpha value is -1.49. The van der Waals surface area contributed by atoms with Gasteiger partial charge in [0.05, 0.1) is 10.4 Å². The summed E-state index contributed by atoms with van der Waals surface area (Å²) in [5, 5.41) is 0. The summed E-state index contributed by atoms with van der Waals surface area (Å²) in [7, 11) is 1.75. The molecule has 0 aliphatic heterocycles. The topological polar surface area (TPSA) is 59.2 Å². The van der Waals surface area contributed by atoms with Crippen molar-refractivity contribution in [2.24, 2.45) is 11.1 Å². The van der Waals surface area contributed by atoms with E-state index in [1.54, 1.807) is 36.5 Å². The number of rotatable bonds is 3. The number of aromatic nitrogens is 1. The third-order valence-corrected chi connectivity index (χ3v) is 3.83. The monoisotopic (exact) mass is 249 g/mol. The van der Waals surface area contributed by atoms with Gasteiger partial charge in [0.15, 0.2) is 0 Å². The highest BCUT2D eigenvalue weighted by molar-refractivity contribution is 7.80. The minimum Gasteiger partial charge on any atom is -0.392 e. The van der Waals surface area contributed by atoms with Crippen molar-refractivity contribution in [3.8, 4) is 0 Å². The lowest BCUT2D eigenvalue weighted by atomic mass is 9.67. The van der Waals surface area contributed by atoms with E-state index in [1.807, 2.05) is 0 Å². The van der Waals surface area contributed by atoms with Gasteiger partial charge in [-0.05, 0) is 25.0 Å². The second kappa shape index (κ2) is 4.41. The predicted molar refractivity (Wildman–Crippen MR) is 70.7 cm³/mol. The van der Waals surface area contributed by atoms with Crippen LogP contribution < -0.4 is 10.6 Å². The first kappa shape index (κ1) is 12.0. The second-order valence-corrected chi connectivity index (χ2v) is 4.81. The molecule has 0 spiro atoms. The van der Waals surface area contributed by atoms with E-state index in [4.69, 9.17) is 18.0 Å². The first-order valence-electron chi connectivity index (χ1n) is 5.56. The van der Waals surface area contributed by atoms with Crippen LogP contribution in [0.1, 0.15) is 19.3 Å². The summed E-state index contributed by atoms with van der Waals surface area (Å²) in [4.78, 5) is 18.3. The predicted octanol–water partition coefficient (Wildman–Crippen LogP) is 1.50. The molecule has 0 radical (unpaired) electrons. The van der Waals surface area contributed by atoms with Gasteiger partial charge >= 0.3 is 0 Å². The van der Waals surface area contributed by atoms with Crippen LogP contribution in [0.4, 0.5) is 5.69 Å². The van der Waals surface area contributed by atoms with Crippen molar-refractivity contribution in [2.75, 3.05) is 11.9 Å². The van der Waals surface area contributed by atoms with Crippen molar-refractivity contribution in [3.05, 3.63) is 24.5 Å². The van der Waals surface area contributed by atoms with Crippen molar-refractivity contribution < 1.29 is 4.79 Å². The number of carbonyl (C=O) groups is 1. The Morgan fingerprint density at radius 3 is 2.47 bits per heavy atom. The molecule has 17 heavy (non-hydrogen) atoms. The summed E-state index contributed by atoms with van der Waals surface area (Å²) < 4.78 is 0. The Morgan fingerprint density at radius 1 is 1.47 bits per heavy atom. The lowest BCUT2D eigenvalue weighted by Gasteiger charge is -2.41. The van der Waals surface area contributed by atoms with Gasteiger partial charge in [-0.25, -0.2) is 0 Å². The van der Waals surface area contributed by atoms with Crippen LogP contribution in [0.2, 0.25) is 0 Å². The normalized spacial score (nSPS) is 17.0. The van der Waals surface area contributed by atoms with Crippen LogP contribution >= 0.6 is 12.2 Å². The van der Waals surface area contributed by atoms with Crippen molar-refractivity contribution in [2.45, 2.75) is 19.3 Å². The van der Waals surface area contributed by atoms with E-state index in [2.05, 4.69) is 4.98 Å². The Balaban J connectivity index is 2.23. The molecule has 0 atom stereocenters. The molecule has 0 unspecified atom stereocenters. The fourth-order valence-electron chi connectivity index (χ4n) is 2.10. The molecular formula is C12H15N3OS. The van der Waals surface area contributed by atoms with Crippen molar-refractivity contribution in [1.29, 1.82) is 0 Å². The lowest BCUT2D eigenvalue weighted by Crippen LogP contribution is -2.53. The minimum absolute atomic E-state index is 0.0116. The van der Waals surface area contributed by atoms with Gasteiger partial charge in [-0.3, -0.25) is 9.78 Å². The summed E-state index contributed by atoms with van der Waals surface area (Å²) in [6, 6.07) is 3.59. The Bertz CT molecular complexity index is 442. The fraction of sp³-hybridized carbons (Fsp3) is 0.417. The van der Waals surface area contributed by atoms with Gasteiger partial charge in [0.25, 0.3) is 0 Å². The molecular weight excluding hydrogens is 234 g/mol. The van der Waals surface area contributed by atoms with Crippen molar-refractivity contribution in [1.82, 2.24) is 4.98 Å². The molecule has 5 heteroatoms. The van der Waals surface area contributed by atoms with Crippen LogP contribution in [0.3, 0.4) is 0 Å². The SMILES string of the molecule is CN(C(=O)C1(C(N)=S)CCC1)c1ccncc1. The number of pyridine rings is 1. The molecule has 0 aromatic carbocycles. The smallest absolute Gasteiger partial charge is 0.239 e. The number of nitrogens with two attached hydrogens (primary N) is 1. The quantitative estimate of drug-likeness (QED) is 0.825. The van der Waals surface area contributed by atoms with Gasteiger partial charge in [-0.2, -0.15) is 0 Å². The molecule has 1 aliphatic carbocycles. The largest absolute Gasteiger partial charge is 0.392 e. The van der Waals surface area contributed by atoms with Crippen LogP contribution in [0.5, 0.6) is 0 Å². The third-order valence-electron chi connectivity index (χ3n) is 3.44. The summed E-state index contributed by atoms with van der Waals surface area (Å²) in [5.41, 5.74) is 5.92. The second-order valence-electron chi connectivity index (χ2n) is 4.37. The van der Waals surface area contributed by atoms with E-state index in [0.717, 1.165) is 24.9 Å². The molecule has 4 nitrogen and oxygen atoms in total. The molecule has 0 saturated heterocycles. The molecule has 1 aliphatic rings. The molecule has 1 heterocycles. The molecule has 1 saturated carbocycles. The first-order valence-corrected chi connectivity index (χ1v) is 5.97. The number of thiocarbonyl (C=S) groups is 1. The van der Waals surface area contributed by atoms with E-state index in [9.17, 15) is 4.79 Å². The molecule has 2 N–H and O–H groups in total. The number of amides is 1. The Morgan fingerprint density at radius 2 is 2.06 bits per heavy atom. The number of anilines is 1. The standard InChI is InChI=1S/C12H15N3OS/c1-15(9-3-7-14-8-4-9)11(16)12(10(13)17)5-2-6-12/h3-4,7-8H,2,5-6H2,1H3,(H2,13,17). The van der Waals surface area contributed by atoms with Gasteiger partial charge in [0.1, 0.15) is 0 Å². The average molecular weight is 249 g/mol. The molecule has 1 aromatic heterocycles. The van der Waals surface area contributed by atoms with Gasteiger partial charge in [0, 0.05) is 25.1 Å². The maximum absolute atomic E-state index is 12.4. The number of hydrogen-bond donors (Lipinski definition) is 1. The highest BCUT2D eigenvalue weighted by atomic mass is 32.1. The molecule has 1 aromatic rings. The summed E-state index contributed by atoms with van der Waals surface area (Å²) in [6.07, 6.45) is 5.85. The Labute approximate surface area is 106 Å². The van der Waals surface area contributed by atoms with Crippen LogP contribution in [-0.2, 0) is 4.79 Å². The van der Waals surface area contributed by atoms with E-state index in [0.29, 0.717) is 4.99 Å². The van der Waals surface area contributed by atoms with Crippen LogP contribution in [0, 0.1) is 5.41 Å². The number of hydrogen-bond acceptors (Lipinski definition) is 3. The number of nitrogens with zero attached hydrogens (tertiary/aromatic N) is 2. The summed E-state index contributed by atoms with van der Waals surface area (Å²) in [6.45, 7) is 0. The Kier molecular flexibility index (Phi) is 3.11. The molecule has 1 amide bonds. The summed E-state index contributed by atoms with van der Waals surface area (Å²) >= 11 is 5.04. The highest BCUT2D eigenvalue weighted by Crippen LogP contribution is 2.43. The zero-order valence-electron chi connectivity index (χ0n) is 9.72. The highest BCUT2D eigenvalue weighted by Gasteiger charge is 2.48. The zero-order valence-corrected chi connectivity index (χ0v) is 10.5. The van der Waals surface area contributed by atoms with Gasteiger partial charge in [-0.15, -0.1) is 0 Å². The van der Waals surface area contributed by atoms with E-state index in [-0.39, 0.29) is 5.91 Å². The maximum atomic E-state index is 12.4. The zero-order chi connectivity index (χ0) is 12.5. The fourth-order valence-corrected chi connectivity index (χ4v) is 2.39. The first-order chi connectivity index (χ1) is 8.08. The summed E-state index contributed by atoms with van der Waals surface area (Å²) in [5.74, 6) is -0.0116. The number of carbonyl (C=O) groups excluding carboxylic acids is 1. The minimum atomic E-state index is -0.618. The van der Waals surface area contributed by atoms with Crippen LogP contribution in [0.15, 0.2) is 24.5 Å². The molecule has 0 bridgehead atoms. The average Bonchev–Trinajstić information content (AvgIpc) is 2.27. The van der Waals surface area contributed by atoms with E-state index >= 15 is 0 Å². The molecule has 90 valence electrons. The van der Waals surface area contributed by atoms with Gasteiger partial charge in [0.2, 0.25) is 5.91 Å². The molecule has 2 rings (SSSR count). The van der Waals surface area contributed by atoms with Crippen LogP contribution in [-0.4, -0.2) is 22.9 Å². The van der Waals surface area contributed by atoms with Gasteiger partial charge < -0.3 is 10.6 Å². The van der Waals surface area contributed by atoms with E-state index < -0.39 is 5.41 Å². The van der Waals surface area contributed by atoms with Crippen molar-refractivity contribution in [3.63, 3.8) is 0 Å². The molecule has 1 fully saturated rings. The van der Waals surface area contributed by atoms with Crippen molar-refractivity contribution >= 4 is 28.8 Å². The van der Waals surface area contributed by atoms with Crippen LogP contribution in [0.25, 0.3) is 0 Å². The van der Waals surface area contributed by atoms with Gasteiger partial charge in [-0.1, -0.05) is 18.6 Å². The lowest BCUT2D eigenvalue weighted by molar-refractivity contribution is -0.127. The maximum Gasteiger partial charge on any atom is 0.239 e.